The summed E-state index contributed by atoms with van der Waals surface area (Å²) in [6.07, 6.45) is 1.19. The van der Waals surface area contributed by atoms with Crippen molar-refractivity contribution < 1.29 is 23.1 Å². The van der Waals surface area contributed by atoms with E-state index in [4.69, 9.17) is 0 Å². The highest BCUT2D eigenvalue weighted by molar-refractivity contribution is 5.94. The summed E-state index contributed by atoms with van der Waals surface area (Å²) in [6.45, 7) is 0.703. The third-order valence-electron chi connectivity index (χ3n) is 5.96. The summed E-state index contributed by atoms with van der Waals surface area (Å²) in [7, 11) is 0. The van der Waals surface area contributed by atoms with Crippen molar-refractivity contribution in [3.63, 3.8) is 0 Å². The summed E-state index contributed by atoms with van der Waals surface area (Å²) in [5.74, 6) is -0.401. The second-order valence-corrected chi connectivity index (χ2v) is 8.19. The van der Waals surface area contributed by atoms with Gasteiger partial charge in [0.1, 0.15) is 5.69 Å². The molecule has 4 rings (SSSR count). The second-order valence-electron chi connectivity index (χ2n) is 8.19. The molecule has 1 spiro atoms. The molecule has 1 N–H and O–H groups in total. The van der Waals surface area contributed by atoms with Crippen LogP contribution < -0.4 is 0 Å². The number of halogens is 3. The number of amides is 1. The van der Waals surface area contributed by atoms with Crippen LogP contribution in [-0.2, 0) is 6.18 Å². The van der Waals surface area contributed by atoms with Gasteiger partial charge >= 0.3 is 6.18 Å². The summed E-state index contributed by atoms with van der Waals surface area (Å²) in [4.78, 5) is 18.3. The van der Waals surface area contributed by atoms with Crippen molar-refractivity contribution in [1.29, 1.82) is 0 Å². The van der Waals surface area contributed by atoms with Gasteiger partial charge in [0.2, 0.25) is 0 Å². The fourth-order valence-electron chi connectivity index (χ4n) is 4.59. The van der Waals surface area contributed by atoms with Crippen LogP contribution in [0.5, 0.6) is 0 Å². The first-order valence-corrected chi connectivity index (χ1v) is 9.32. The molecule has 0 bridgehead atoms. The van der Waals surface area contributed by atoms with Gasteiger partial charge in [-0.25, -0.2) is 4.98 Å². The maximum absolute atomic E-state index is 13.2. The van der Waals surface area contributed by atoms with Crippen molar-refractivity contribution in [2.45, 2.75) is 63.1 Å². The van der Waals surface area contributed by atoms with E-state index in [2.05, 4.69) is 4.98 Å². The molecule has 2 heterocycles. The van der Waals surface area contributed by atoms with Gasteiger partial charge in [-0.15, -0.1) is 0 Å². The molecule has 1 atom stereocenters. The second kappa shape index (κ2) is 6.22. The molecule has 1 aromatic rings. The van der Waals surface area contributed by atoms with Gasteiger partial charge in [-0.2, -0.15) is 13.2 Å². The van der Waals surface area contributed by atoms with Gasteiger partial charge in [0.15, 0.2) is 0 Å². The number of aromatic nitrogens is 1. The van der Waals surface area contributed by atoms with Crippen molar-refractivity contribution in [3.05, 3.63) is 29.1 Å². The summed E-state index contributed by atoms with van der Waals surface area (Å²) in [6, 6.07) is 2.37. The van der Waals surface area contributed by atoms with Crippen LogP contribution in [0.25, 0.3) is 0 Å². The van der Waals surface area contributed by atoms with E-state index in [1.807, 2.05) is 0 Å². The van der Waals surface area contributed by atoms with Crippen LogP contribution in [0.3, 0.4) is 0 Å². The predicted molar refractivity (Wildman–Crippen MR) is 88.6 cm³/mol. The monoisotopic (exact) mass is 368 g/mol. The standard InChI is InChI=1S/C19H23F3N2O2/c20-19(21,22)16-8-13(7-15(23-16)12-3-4-12)17(26)24-10-14(25)9-18(11-24)5-1-2-6-18/h7-8,12,14,25H,1-6,9-11H2. The molecule has 26 heavy (non-hydrogen) atoms. The number of hydrogen-bond acceptors (Lipinski definition) is 3. The Morgan fingerprint density at radius 2 is 1.92 bits per heavy atom. The Morgan fingerprint density at radius 1 is 1.23 bits per heavy atom. The van der Waals surface area contributed by atoms with Crippen molar-refractivity contribution >= 4 is 5.91 Å². The van der Waals surface area contributed by atoms with Gasteiger partial charge in [-0.1, -0.05) is 12.8 Å². The number of aliphatic hydroxyl groups excluding tert-OH is 1. The van der Waals surface area contributed by atoms with Crippen LogP contribution >= 0.6 is 0 Å². The molecule has 3 fully saturated rings. The zero-order chi connectivity index (χ0) is 18.5. The van der Waals surface area contributed by atoms with E-state index < -0.39 is 23.9 Å². The first-order chi connectivity index (χ1) is 12.3. The number of rotatable bonds is 2. The molecule has 1 aliphatic heterocycles. The summed E-state index contributed by atoms with van der Waals surface area (Å²) in [5, 5.41) is 10.3. The number of piperidine rings is 1. The minimum absolute atomic E-state index is 0.0250. The van der Waals surface area contributed by atoms with Gasteiger partial charge in [0.05, 0.1) is 6.10 Å². The van der Waals surface area contributed by atoms with Crippen molar-refractivity contribution in [1.82, 2.24) is 9.88 Å². The highest BCUT2D eigenvalue weighted by Crippen LogP contribution is 2.45. The quantitative estimate of drug-likeness (QED) is 0.865. The molecule has 1 aromatic heterocycles. The highest BCUT2D eigenvalue weighted by atomic mass is 19.4. The molecule has 142 valence electrons. The lowest BCUT2D eigenvalue weighted by atomic mass is 9.77. The normalized spacial score (nSPS) is 25.7. The number of aliphatic hydroxyl groups is 1. The Kier molecular flexibility index (Phi) is 4.25. The lowest BCUT2D eigenvalue weighted by Crippen LogP contribution is -2.50. The van der Waals surface area contributed by atoms with Crippen LogP contribution in [0, 0.1) is 5.41 Å². The highest BCUT2D eigenvalue weighted by Gasteiger charge is 2.43. The summed E-state index contributed by atoms with van der Waals surface area (Å²) in [5.41, 5.74) is -0.682. The van der Waals surface area contributed by atoms with Gasteiger partial charge in [-0.05, 0) is 49.7 Å². The van der Waals surface area contributed by atoms with Crippen molar-refractivity contribution in [3.8, 4) is 0 Å². The third-order valence-corrected chi connectivity index (χ3v) is 5.96. The molecule has 4 nitrogen and oxygen atoms in total. The molecule has 1 amide bonds. The minimum Gasteiger partial charge on any atom is -0.391 e. The van der Waals surface area contributed by atoms with Gasteiger partial charge in [0, 0.05) is 30.3 Å². The third kappa shape index (κ3) is 3.46. The van der Waals surface area contributed by atoms with Crippen LogP contribution in [-0.4, -0.2) is 40.1 Å². The van der Waals surface area contributed by atoms with Crippen LogP contribution in [0.4, 0.5) is 13.2 Å². The van der Waals surface area contributed by atoms with Crippen molar-refractivity contribution in [2.75, 3.05) is 13.1 Å². The Bertz CT molecular complexity index is 709. The average Bonchev–Trinajstić information content (AvgIpc) is 3.34. The number of hydrogen-bond donors (Lipinski definition) is 1. The van der Waals surface area contributed by atoms with E-state index in [0.717, 1.165) is 44.6 Å². The van der Waals surface area contributed by atoms with E-state index in [1.54, 1.807) is 4.90 Å². The molecule has 0 radical (unpaired) electrons. The maximum atomic E-state index is 13.2. The van der Waals surface area contributed by atoms with Gasteiger partial charge in [-0.3, -0.25) is 4.79 Å². The number of alkyl halides is 3. The lowest BCUT2D eigenvalue weighted by molar-refractivity contribution is -0.141. The first kappa shape index (κ1) is 17.8. The van der Waals surface area contributed by atoms with E-state index in [1.165, 1.54) is 6.07 Å². The molecule has 3 aliphatic rings. The molecule has 2 saturated carbocycles. The Labute approximate surface area is 150 Å². The Balaban J connectivity index is 1.63. The minimum atomic E-state index is -4.58. The van der Waals surface area contributed by atoms with E-state index in [0.29, 0.717) is 18.7 Å². The fraction of sp³-hybridized carbons (Fsp3) is 0.684. The topological polar surface area (TPSA) is 53.4 Å². The number of pyridine rings is 1. The zero-order valence-corrected chi connectivity index (χ0v) is 14.6. The Morgan fingerprint density at radius 3 is 2.54 bits per heavy atom. The smallest absolute Gasteiger partial charge is 0.391 e. The summed E-state index contributed by atoms with van der Waals surface area (Å²) >= 11 is 0. The van der Waals surface area contributed by atoms with Gasteiger partial charge < -0.3 is 10.0 Å². The molecule has 1 saturated heterocycles. The number of carbonyl (C=O) groups is 1. The van der Waals surface area contributed by atoms with Gasteiger partial charge in [0.25, 0.3) is 5.91 Å². The lowest BCUT2D eigenvalue weighted by Gasteiger charge is -2.43. The number of carbonyl (C=O) groups excluding carboxylic acids is 1. The van der Waals surface area contributed by atoms with E-state index >= 15 is 0 Å². The van der Waals surface area contributed by atoms with E-state index in [-0.39, 0.29) is 23.4 Å². The number of nitrogens with zero attached hydrogens (tertiary/aromatic N) is 2. The SMILES string of the molecule is O=C(c1cc(C2CC2)nc(C(F)(F)F)c1)N1CC(O)CC2(CCCC2)C1. The first-order valence-electron chi connectivity index (χ1n) is 9.32. The molecule has 0 aromatic carbocycles. The molecular weight excluding hydrogens is 345 g/mol. The largest absolute Gasteiger partial charge is 0.433 e. The molecular formula is C19H23F3N2O2. The number of β-amino-alcohol motifs (C(OH)–C–C–N with tert-alkyl or cyclic N) is 1. The fourth-order valence-corrected chi connectivity index (χ4v) is 4.59. The van der Waals surface area contributed by atoms with Crippen molar-refractivity contribution in [2.24, 2.45) is 5.41 Å². The Hall–Kier alpha value is -1.63. The number of likely N-dealkylation sites (tertiary alicyclic amines) is 1. The van der Waals surface area contributed by atoms with Crippen LogP contribution in [0.2, 0.25) is 0 Å². The predicted octanol–water partition coefficient (Wildman–Crippen LogP) is 3.75. The average molecular weight is 368 g/mol. The molecule has 2 aliphatic carbocycles. The zero-order valence-electron chi connectivity index (χ0n) is 14.6. The molecule has 7 heteroatoms. The molecule has 1 unspecified atom stereocenters. The van der Waals surface area contributed by atoms with Crippen LogP contribution in [0.1, 0.15) is 72.6 Å². The van der Waals surface area contributed by atoms with Crippen LogP contribution in [0.15, 0.2) is 12.1 Å². The van der Waals surface area contributed by atoms with E-state index in [9.17, 15) is 23.1 Å². The summed E-state index contributed by atoms with van der Waals surface area (Å²) < 4.78 is 39.6. The maximum Gasteiger partial charge on any atom is 0.433 e.